The van der Waals surface area contributed by atoms with Crippen LogP contribution in [0.3, 0.4) is 0 Å². The fourth-order valence-electron chi connectivity index (χ4n) is 2.97. The van der Waals surface area contributed by atoms with Gasteiger partial charge in [0, 0.05) is 0 Å². The molecule has 0 N–H and O–H groups in total. The average molecular weight is 274 g/mol. The van der Waals surface area contributed by atoms with Crippen molar-refractivity contribution in [2.45, 2.75) is 71.1 Å². The molecule has 2 heteroatoms. The normalized spacial score (nSPS) is 18.6. The molecule has 0 amide bonds. The summed E-state index contributed by atoms with van der Waals surface area (Å²) in [7, 11) is 0. The molecule has 0 bridgehead atoms. The van der Waals surface area contributed by atoms with Crippen LogP contribution >= 0.6 is 0 Å². The van der Waals surface area contributed by atoms with Crippen LogP contribution in [0.2, 0.25) is 0 Å². The summed E-state index contributed by atoms with van der Waals surface area (Å²) in [6.45, 7) is 14.1. The first-order valence-electron chi connectivity index (χ1n) is 7.30. The summed E-state index contributed by atoms with van der Waals surface area (Å²) in [5.41, 5.74) is 5.32. The van der Waals surface area contributed by atoms with Gasteiger partial charge in [-0.2, -0.15) is 9.59 Å². The lowest BCUT2D eigenvalue weighted by Crippen LogP contribution is -2.33. The molecular weight excluding hydrogens is 248 g/mol. The summed E-state index contributed by atoms with van der Waals surface area (Å²) in [6, 6.07) is 7.17. The zero-order chi connectivity index (χ0) is 15.6. The van der Waals surface area contributed by atoms with Gasteiger partial charge in [-0.15, -0.1) is 0 Å². The summed E-state index contributed by atoms with van der Waals surface area (Å²) in [5, 5.41) is 0. The summed E-state index contributed by atoms with van der Waals surface area (Å²) in [4.78, 5) is 16.2. The van der Waals surface area contributed by atoms with Crippen molar-refractivity contribution in [3.8, 4) is 0 Å². The van der Waals surface area contributed by atoms with Crippen LogP contribution in [0, 0.1) is 0 Å². The van der Waals surface area contributed by atoms with E-state index in [0.29, 0.717) is 16.7 Å². The summed E-state index contributed by atoms with van der Waals surface area (Å²) in [6.07, 6.45) is 2.85. The monoisotopic (exact) mass is 274 g/mol. The van der Waals surface area contributed by atoms with Crippen molar-refractivity contribution in [2.75, 3.05) is 0 Å². The van der Waals surface area contributed by atoms with E-state index in [9.17, 15) is 0 Å². The van der Waals surface area contributed by atoms with Crippen molar-refractivity contribution in [1.82, 2.24) is 0 Å². The molecule has 0 unspecified atom stereocenters. The molecule has 0 aliphatic heterocycles. The molecule has 110 valence electrons. The van der Waals surface area contributed by atoms with E-state index in [0.717, 1.165) is 0 Å². The Hall–Kier alpha value is -1.40. The minimum Gasteiger partial charge on any atom is -0.186 e. The van der Waals surface area contributed by atoms with Crippen LogP contribution in [0.4, 0.5) is 0 Å². The quantitative estimate of drug-likeness (QED) is 0.751. The van der Waals surface area contributed by atoms with E-state index in [4.69, 9.17) is 9.59 Å². The SMILES string of the molecule is CC(C)c1ccc2c(c1)C(C)(C)CCC2(C)C.O=C=O. The topological polar surface area (TPSA) is 34.1 Å². The van der Waals surface area contributed by atoms with Gasteiger partial charge in [-0.3, -0.25) is 0 Å². The minimum absolute atomic E-state index is 0.250. The van der Waals surface area contributed by atoms with Crippen LogP contribution in [0.25, 0.3) is 0 Å². The van der Waals surface area contributed by atoms with Gasteiger partial charge in [-0.25, -0.2) is 0 Å². The number of rotatable bonds is 1. The summed E-state index contributed by atoms with van der Waals surface area (Å²) >= 11 is 0. The Bertz CT molecular complexity index is 504. The van der Waals surface area contributed by atoms with Crippen molar-refractivity contribution in [3.63, 3.8) is 0 Å². The Kier molecular flexibility index (Phi) is 4.94. The maximum absolute atomic E-state index is 8.12. The van der Waals surface area contributed by atoms with Crippen molar-refractivity contribution in [3.05, 3.63) is 34.9 Å². The van der Waals surface area contributed by atoms with Gasteiger partial charge in [0.15, 0.2) is 0 Å². The molecule has 0 saturated heterocycles. The summed E-state index contributed by atoms with van der Waals surface area (Å²) < 4.78 is 0. The number of benzene rings is 1. The van der Waals surface area contributed by atoms with E-state index in [-0.39, 0.29) is 6.15 Å². The van der Waals surface area contributed by atoms with Gasteiger partial charge in [0.2, 0.25) is 0 Å². The first-order chi connectivity index (χ1) is 9.15. The van der Waals surface area contributed by atoms with Gasteiger partial charge in [0.25, 0.3) is 0 Å². The van der Waals surface area contributed by atoms with Crippen LogP contribution < -0.4 is 0 Å². The molecule has 20 heavy (non-hydrogen) atoms. The molecule has 0 aromatic heterocycles. The molecule has 0 spiro atoms. The van der Waals surface area contributed by atoms with Crippen LogP contribution in [-0.2, 0) is 20.4 Å². The molecule has 0 fully saturated rings. The molecule has 2 nitrogen and oxygen atoms in total. The van der Waals surface area contributed by atoms with Crippen LogP contribution in [0.15, 0.2) is 18.2 Å². The van der Waals surface area contributed by atoms with E-state index in [2.05, 4.69) is 59.7 Å². The maximum atomic E-state index is 8.12. The van der Waals surface area contributed by atoms with Crippen molar-refractivity contribution in [1.29, 1.82) is 0 Å². The third kappa shape index (κ3) is 3.37. The van der Waals surface area contributed by atoms with Crippen LogP contribution in [0.1, 0.15) is 77.0 Å². The predicted molar refractivity (Wildman–Crippen MR) is 80.8 cm³/mol. The fourth-order valence-corrected chi connectivity index (χ4v) is 2.97. The van der Waals surface area contributed by atoms with E-state index in [1.54, 1.807) is 11.1 Å². The molecule has 0 atom stereocenters. The largest absolute Gasteiger partial charge is 0.373 e. The Morgan fingerprint density at radius 3 is 1.85 bits per heavy atom. The lowest BCUT2D eigenvalue weighted by molar-refractivity contribution is -0.191. The smallest absolute Gasteiger partial charge is 0.186 e. The molecular formula is C18H26O2. The molecule has 1 aromatic rings. The highest BCUT2D eigenvalue weighted by Crippen LogP contribution is 2.46. The molecule has 1 aromatic carbocycles. The minimum atomic E-state index is 0.250. The van der Waals surface area contributed by atoms with Crippen LogP contribution in [0.5, 0.6) is 0 Å². The van der Waals surface area contributed by atoms with Gasteiger partial charge in [-0.1, -0.05) is 59.7 Å². The lowest BCUT2D eigenvalue weighted by Gasteiger charge is -2.42. The fraction of sp³-hybridized carbons (Fsp3) is 0.611. The highest BCUT2D eigenvalue weighted by Gasteiger charge is 2.36. The maximum Gasteiger partial charge on any atom is 0.373 e. The van der Waals surface area contributed by atoms with Crippen molar-refractivity contribution >= 4 is 6.15 Å². The second kappa shape index (κ2) is 5.93. The molecule has 1 aliphatic carbocycles. The predicted octanol–water partition coefficient (Wildman–Crippen LogP) is 4.58. The lowest BCUT2D eigenvalue weighted by atomic mass is 9.63. The van der Waals surface area contributed by atoms with Crippen molar-refractivity contribution in [2.24, 2.45) is 0 Å². The van der Waals surface area contributed by atoms with Gasteiger partial charge in [0.05, 0.1) is 0 Å². The zero-order valence-electron chi connectivity index (χ0n) is 13.5. The van der Waals surface area contributed by atoms with Gasteiger partial charge < -0.3 is 0 Å². The Morgan fingerprint density at radius 2 is 1.40 bits per heavy atom. The number of fused-ring (bicyclic) bond motifs is 1. The first-order valence-corrected chi connectivity index (χ1v) is 7.30. The zero-order valence-corrected chi connectivity index (χ0v) is 13.5. The van der Waals surface area contributed by atoms with E-state index >= 15 is 0 Å². The second-order valence-electron chi connectivity index (χ2n) is 7.31. The van der Waals surface area contributed by atoms with E-state index < -0.39 is 0 Å². The Balaban J connectivity index is 0.000000612. The Labute approximate surface area is 122 Å². The number of hydrogen-bond acceptors (Lipinski definition) is 2. The van der Waals surface area contributed by atoms with Gasteiger partial charge in [-0.05, 0) is 46.3 Å². The second-order valence-corrected chi connectivity index (χ2v) is 7.31. The third-order valence-corrected chi connectivity index (χ3v) is 4.54. The third-order valence-electron chi connectivity index (χ3n) is 4.54. The van der Waals surface area contributed by atoms with E-state index in [1.165, 1.54) is 18.4 Å². The molecule has 0 radical (unpaired) electrons. The van der Waals surface area contributed by atoms with Crippen molar-refractivity contribution < 1.29 is 9.59 Å². The number of hydrogen-bond donors (Lipinski definition) is 0. The van der Waals surface area contributed by atoms with Gasteiger partial charge >= 0.3 is 6.15 Å². The number of carbonyl (C=O) groups excluding carboxylic acids is 2. The average Bonchev–Trinajstić information content (AvgIpc) is 2.36. The Morgan fingerprint density at radius 1 is 0.950 bits per heavy atom. The van der Waals surface area contributed by atoms with E-state index in [1.807, 2.05) is 0 Å². The molecule has 1 aliphatic rings. The van der Waals surface area contributed by atoms with Gasteiger partial charge in [0.1, 0.15) is 0 Å². The molecule has 0 heterocycles. The highest BCUT2D eigenvalue weighted by atomic mass is 16.2. The summed E-state index contributed by atoms with van der Waals surface area (Å²) in [5.74, 6) is 0.626. The molecule has 2 rings (SSSR count). The highest BCUT2D eigenvalue weighted by molar-refractivity contribution is 5.44. The standard InChI is InChI=1S/C17H26.CO2/c1-12(2)13-7-8-14-15(11-13)17(5,6)10-9-16(14,3)4;2-1-3/h7-8,11-12H,9-10H2,1-6H3;. The first kappa shape index (κ1) is 16.7. The van der Waals surface area contributed by atoms with Crippen LogP contribution in [-0.4, -0.2) is 6.15 Å². The molecule has 0 saturated carbocycles.